The first-order chi connectivity index (χ1) is 4.72. The van der Waals surface area contributed by atoms with E-state index in [0.29, 0.717) is 6.04 Å². The van der Waals surface area contributed by atoms with Gasteiger partial charge < -0.3 is 4.90 Å². The van der Waals surface area contributed by atoms with E-state index in [1.165, 1.54) is 6.34 Å². The Morgan fingerprint density at radius 2 is 2.30 bits per heavy atom. The summed E-state index contributed by atoms with van der Waals surface area (Å²) in [7, 11) is 0. The zero-order valence-electron chi connectivity index (χ0n) is 6.28. The molecule has 0 bridgehead atoms. The fraction of sp³-hybridized carbons (Fsp3) is 0.429. The molecule has 10 heavy (non-hydrogen) atoms. The van der Waals surface area contributed by atoms with Gasteiger partial charge in [-0.3, -0.25) is 0 Å². The van der Waals surface area contributed by atoms with Crippen molar-refractivity contribution in [3.63, 3.8) is 0 Å². The van der Waals surface area contributed by atoms with E-state index in [-0.39, 0.29) is 0 Å². The van der Waals surface area contributed by atoms with Crippen LogP contribution in [0.15, 0.2) is 22.4 Å². The lowest BCUT2D eigenvalue weighted by Crippen LogP contribution is -2.29. The van der Waals surface area contributed by atoms with Gasteiger partial charge in [0.1, 0.15) is 12.2 Å². The summed E-state index contributed by atoms with van der Waals surface area (Å²) < 4.78 is 0. The van der Waals surface area contributed by atoms with Gasteiger partial charge in [-0.25, -0.2) is 9.98 Å². The van der Waals surface area contributed by atoms with Crippen molar-refractivity contribution in [2.24, 2.45) is 9.98 Å². The van der Waals surface area contributed by atoms with Crippen molar-refractivity contribution in [1.82, 2.24) is 4.90 Å². The first-order valence-electron chi connectivity index (χ1n) is 3.25. The molecule has 0 radical (unpaired) electrons. The van der Waals surface area contributed by atoms with Crippen LogP contribution in [0, 0.1) is 0 Å². The van der Waals surface area contributed by atoms with Crippen LogP contribution in [0.3, 0.4) is 0 Å². The number of hydrogen-bond acceptors (Lipinski definition) is 3. The largest absolute Gasteiger partial charge is 0.315 e. The molecule has 0 aromatic rings. The Hall–Kier alpha value is -1.12. The van der Waals surface area contributed by atoms with E-state index >= 15 is 0 Å². The molecule has 0 saturated heterocycles. The van der Waals surface area contributed by atoms with Crippen molar-refractivity contribution < 1.29 is 0 Å². The van der Waals surface area contributed by atoms with Gasteiger partial charge in [0, 0.05) is 6.04 Å². The van der Waals surface area contributed by atoms with E-state index < -0.39 is 0 Å². The molecule has 0 unspecified atom stereocenters. The second kappa shape index (κ2) is 2.64. The summed E-state index contributed by atoms with van der Waals surface area (Å²) >= 11 is 0. The summed E-state index contributed by atoms with van der Waals surface area (Å²) in [4.78, 5) is 9.74. The molecule has 54 valence electrons. The van der Waals surface area contributed by atoms with Crippen LogP contribution in [0.25, 0.3) is 0 Å². The van der Waals surface area contributed by atoms with E-state index in [1.807, 2.05) is 4.90 Å². The zero-order valence-corrected chi connectivity index (χ0v) is 6.28. The molecule has 3 heteroatoms. The standard InChI is InChI=1S/C7H11N3/c1-6(2)10-5-8-4-9-7(10)3/h4-6H,3H2,1-2H3. The smallest absolute Gasteiger partial charge is 0.128 e. The Balaban J connectivity index is 2.70. The number of hydrogen-bond donors (Lipinski definition) is 0. The van der Waals surface area contributed by atoms with Crippen LogP contribution < -0.4 is 0 Å². The monoisotopic (exact) mass is 137 g/mol. The number of aliphatic imine (C=N–C) groups is 2. The number of rotatable bonds is 1. The molecule has 0 atom stereocenters. The van der Waals surface area contributed by atoms with E-state index in [0.717, 1.165) is 5.82 Å². The highest BCUT2D eigenvalue weighted by atomic mass is 15.3. The molecule has 0 aromatic heterocycles. The Morgan fingerprint density at radius 3 is 2.70 bits per heavy atom. The molecule has 0 N–H and O–H groups in total. The molecule has 0 spiro atoms. The minimum Gasteiger partial charge on any atom is -0.315 e. The highest BCUT2D eigenvalue weighted by molar-refractivity contribution is 5.75. The van der Waals surface area contributed by atoms with Crippen molar-refractivity contribution in [3.8, 4) is 0 Å². The van der Waals surface area contributed by atoms with Crippen LogP contribution in [0.2, 0.25) is 0 Å². The molecule has 0 amide bonds. The average Bonchev–Trinajstić information content (AvgIpc) is 1.88. The van der Waals surface area contributed by atoms with Gasteiger partial charge in [-0.1, -0.05) is 6.58 Å². The van der Waals surface area contributed by atoms with Gasteiger partial charge in [0.25, 0.3) is 0 Å². The molecule has 3 nitrogen and oxygen atoms in total. The lowest BCUT2D eigenvalue weighted by Gasteiger charge is -2.24. The first-order valence-corrected chi connectivity index (χ1v) is 3.25. The third-order valence-corrected chi connectivity index (χ3v) is 1.32. The Bertz CT molecular complexity index is 191. The average molecular weight is 137 g/mol. The van der Waals surface area contributed by atoms with Crippen LogP contribution in [-0.4, -0.2) is 23.6 Å². The summed E-state index contributed by atoms with van der Waals surface area (Å²) in [6.45, 7) is 7.89. The maximum absolute atomic E-state index is 3.94. The Morgan fingerprint density at radius 1 is 1.60 bits per heavy atom. The molecule has 1 aliphatic heterocycles. The van der Waals surface area contributed by atoms with Gasteiger partial charge in [-0.15, -0.1) is 0 Å². The molecule has 1 rings (SSSR count). The third kappa shape index (κ3) is 1.23. The topological polar surface area (TPSA) is 28.0 Å². The summed E-state index contributed by atoms with van der Waals surface area (Å²) in [5.41, 5.74) is 0. The lowest BCUT2D eigenvalue weighted by atomic mass is 10.3. The van der Waals surface area contributed by atoms with Crippen LogP contribution in [0.1, 0.15) is 13.8 Å². The second-order valence-electron chi connectivity index (χ2n) is 2.43. The molecular weight excluding hydrogens is 126 g/mol. The molecule has 0 aliphatic carbocycles. The maximum atomic E-state index is 3.94. The van der Waals surface area contributed by atoms with E-state index in [1.54, 1.807) is 6.34 Å². The second-order valence-corrected chi connectivity index (χ2v) is 2.43. The maximum Gasteiger partial charge on any atom is 0.128 e. The van der Waals surface area contributed by atoms with Gasteiger partial charge in [0.05, 0.1) is 6.34 Å². The third-order valence-electron chi connectivity index (χ3n) is 1.32. The van der Waals surface area contributed by atoms with Crippen molar-refractivity contribution in [1.29, 1.82) is 0 Å². The lowest BCUT2D eigenvalue weighted by molar-refractivity contribution is 0.432. The molecular formula is C7H11N3. The summed E-state index contributed by atoms with van der Waals surface area (Å²) in [5, 5.41) is 0. The Kier molecular flexibility index (Phi) is 1.85. The summed E-state index contributed by atoms with van der Waals surface area (Å²) in [6, 6.07) is 0.383. The fourth-order valence-corrected chi connectivity index (χ4v) is 0.766. The van der Waals surface area contributed by atoms with E-state index in [2.05, 4.69) is 30.4 Å². The molecule has 1 aliphatic rings. The molecule has 0 aromatic carbocycles. The normalized spacial score (nSPS) is 17.1. The molecule has 0 saturated carbocycles. The van der Waals surface area contributed by atoms with Crippen molar-refractivity contribution in [2.75, 3.05) is 0 Å². The fourth-order valence-electron chi connectivity index (χ4n) is 0.766. The van der Waals surface area contributed by atoms with Gasteiger partial charge in [0.15, 0.2) is 0 Å². The van der Waals surface area contributed by atoms with Crippen LogP contribution in [0.5, 0.6) is 0 Å². The van der Waals surface area contributed by atoms with Crippen molar-refractivity contribution >= 4 is 12.7 Å². The number of nitrogens with zero attached hydrogens (tertiary/aromatic N) is 3. The highest BCUT2D eigenvalue weighted by Crippen LogP contribution is 2.07. The minimum atomic E-state index is 0.383. The van der Waals surface area contributed by atoms with E-state index in [4.69, 9.17) is 0 Å². The highest BCUT2D eigenvalue weighted by Gasteiger charge is 2.08. The van der Waals surface area contributed by atoms with Gasteiger partial charge >= 0.3 is 0 Å². The van der Waals surface area contributed by atoms with E-state index in [9.17, 15) is 0 Å². The van der Waals surface area contributed by atoms with Crippen molar-refractivity contribution in [2.45, 2.75) is 19.9 Å². The minimum absolute atomic E-state index is 0.383. The Labute approximate surface area is 60.8 Å². The quantitative estimate of drug-likeness (QED) is 0.534. The van der Waals surface area contributed by atoms with Crippen LogP contribution in [-0.2, 0) is 0 Å². The predicted octanol–water partition coefficient (Wildman–Crippen LogP) is 1.24. The van der Waals surface area contributed by atoms with Gasteiger partial charge in [-0.05, 0) is 13.8 Å². The zero-order chi connectivity index (χ0) is 7.56. The van der Waals surface area contributed by atoms with Crippen LogP contribution >= 0.6 is 0 Å². The predicted molar refractivity (Wildman–Crippen MR) is 43.1 cm³/mol. The van der Waals surface area contributed by atoms with Gasteiger partial charge in [-0.2, -0.15) is 0 Å². The van der Waals surface area contributed by atoms with Crippen LogP contribution in [0.4, 0.5) is 0 Å². The summed E-state index contributed by atoms with van der Waals surface area (Å²) in [5.74, 6) is 0.755. The molecule has 1 heterocycles. The first kappa shape index (κ1) is 6.99. The van der Waals surface area contributed by atoms with Gasteiger partial charge in [0.2, 0.25) is 0 Å². The summed E-state index contributed by atoms with van der Waals surface area (Å²) in [6.07, 6.45) is 3.24. The SMILES string of the molecule is C=C1N=CN=CN1C(C)C. The molecule has 0 fully saturated rings. The van der Waals surface area contributed by atoms with Crippen molar-refractivity contribution in [3.05, 3.63) is 12.4 Å².